The van der Waals surface area contributed by atoms with Crippen LogP contribution >= 0.6 is 11.8 Å². The summed E-state index contributed by atoms with van der Waals surface area (Å²) in [5.41, 5.74) is 7.05. The SMILES string of the molecule is C=CCn1c2ccccc2c2cc(C(=O)OC)n3c(-c4ccccc4)cc(N4CCSCC4)c3c21. The first-order valence-corrected chi connectivity index (χ1v) is 13.0. The first-order chi connectivity index (χ1) is 17.2. The Balaban J connectivity index is 1.84. The molecule has 5 nitrogen and oxygen atoms in total. The summed E-state index contributed by atoms with van der Waals surface area (Å²) in [5.74, 6) is 1.84. The lowest BCUT2D eigenvalue weighted by Gasteiger charge is -2.28. The van der Waals surface area contributed by atoms with Crippen LogP contribution in [-0.4, -0.2) is 46.6 Å². The van der Waals surface area contributed by atoms with E-state index in [0.717, 1.165) is 68.9 Å². The molecule has 1 fully saturated rings. The third kappa shape index (κ3) is 3.43. The maximum absolute atomic E-state index is 13.2. The first kappa shape index (κ1) is 21.9. The number of hydrogen-bond donors (Lipinski definition) is 0. The number of aromatic nitrogens is 2. The Morgan fingerprint density at radius 3 is 2.49 bits per heavy atom. The third-order valence-corrected chi connectivity index (χ3v) is 7.81. The number of anilines is 1. The number of pyridine rings is 1. The van der Waals surface area contributed by atoms with E-state index in [1.807, 2.05) is 42.1 Å². The van der Waals surface area contributed by atoms with Gasteiger partial charge in [-0.05, 0) is 23.8 Å². The van der Waals surface area contributed by atoms with Gasteiger partial charge < -0.3 is 14.2 Å². The predicted octanol–water partition coefficient (Wildman–Crippen LogP) is 6.24. The number of thioether (sulfide) groups is 1. The van der Waals surface area contributed by atoms with Gasteiger partial charge in [0.2, 0.25) is 0 Å². The van der Waals surface area contributed by atoms with Gasteiger partial charge in [0.15, 0.2) is 0 Å². The molecule has 35 heavy (non-hydrogen) atoms. The van der Waals surface area contributed by atoms with Gasteiger partial charge in [0.1, 0.15) is 5.69 Å². The zero-order chi connectivity index (χ0) is 23.9. The first-order valence-electron chi connectivity index (χ1n) is 11.9. The average molecular weight is 482 g/mol. The molecular formula is C29H27N3O2S. The number of hydrogen-bond acceptors (Lipinski definition) is 4. The summed E-state index contributed by atoms with van der Waals surface area (Å²) in [6.45, 7) is 6.67. The van der Waals surface area contributed by atoms with Crippen molar-refractivity contribution in [3.05, 3.63) is 85.1 Å². The molecule has 0 spiro atoms. The van der Waals surface area contributed by atoms with E-state index in [1.54, 1.807) is 0 Å². The third-order valence-electron chi connectivity index (χ3n) is 6.86. The maximum Gasteiger partial charge on any atom is 0.355 e. The summed E-state index contributed by atoms with van der Waals surface area (Å²) < 4.78 is 9.74. The van der Waals surface area contributed by atoms with E-state index in [9.17, 15) is 4.79 Å². The number of fused-ring (bicyclic) bond motifs is 5. The Hall–Kier alpha value is -3.64. The highest BCUT2D eigenvalue weighted by molar-refractivity contribution is 7.99. The number of para-hydroxylation sites is 1. The zero-order valence-electron chi connectivity index (χ0n) is 19.7. The molecule has 6 heteroatoms. The summed E-state index contributed by atoms with van der Waals surface area (Å²) in [5, 5.41) is 2.18. The van der Waals surface area contributed by atoms with Crippen molar-refractivity contribution in [1.82, 2.24) is 8.97 Å². The Kier molecular flexibility index (Phi) is 5.53. The number of ether oxygens (including phenoxy) is 1. The Morgan fingerprint density at radius 2 is 1.74 bits per heavy atom. The molecule has 6 rings (SSSR count). The molecule has 0 aliphatic carbocycles. The molecule has 1 aliphatic heterocycles. The van der Waals surface area contributed by atoms with Gasteiger partial charge in [-0.3, -0.25) is 4.40 Å². The summed E-state index contributed by atoms with van der Waals surface area (Å²) >= 11 is 1.99. The average Bonchev–Trinajstić information content (AvgIpc) is 3.46. The van der Waals surface area contributed by atoms with Crippen LogP contribution in [-0.2, 0) is 11.3 Å². The number of methoxy groups -OCH3 is 1. The van der Waals surface area contributed by atoms with Crippen molar-refractivity contribution in [2.45, 2.75) is 6.54 Å². The van der Waals surface area contributed by atoms with Gasteiger partial charge >= 0.3 is 5.97 Å². The fourth-order valence-electron chi connectivity index (χ4n) is 5.35. The molecule has 0 amide bonds. The molecule has 2 aromatic carbocycles. The standard InChI is InChI=1S/C29H27N3O2S/c1-3-13-31-23-12-8-7-11-21(23)22-18-26(29(33)34-2)32-24(20-9-5-4-6-10-20)19-25(28(32)27(22)31)30-14-16-35-17-15-30/h3-12,18-19H,1,13-17H2,2H3. The van der Waals surface area contributed by atoms with Crippen LogP contribution in [0, 0.1) is 0 Å². The van der Waals surface area contributed by atoms with Crippen LogP contribution < -0.4 is 4.90 Å². The second-order valence-corrected chi connectivity index (χ2v) is 9.99. The Morgan fingerprint density at radius 1 is 1.00 bits per heavy atom. The number of rotatable bonds is 5. The van der Waals surface area contributed by atoms with Crippen molar-refractivity contribution in [2.24, 2.45) is 0 Å². The number of carbonyl (C=O) groups is 1. The van der Waals surface area contributed by atoms with E-state index >= 15 is 0 Å². The molecular weight excluding hydrogens is 454 g/mol. The number of benzene rings is 2. The van der Waals surface area contributed by atoms with Gasteiger partial charge in [0, 0.05) is 47.4 Å². The zero-order valence-corrected chi connectivity index (χ0v) is 20.6. The van der Waals surface area contributed by atoms with Crippen LogP contribution in [0.1, 0.15) is 10.5 Å². The highest BCUT2D eigenvalue weighted by Gasteiger charge is 2.27. The predicted molar refractivity (Wildman–Crippen MR) is 147 cm³/mol. The Bertz CT molecular complexity index is 1580. The molecule has 0 N–H and O–H groups in total. The topological polar surface area (TPSA) is 38.9 Å². The highest BCUT2D eigenvalue weighted by atomic mass is 32.2. The van der Waals surface area contributed by atoms with E-state index in [-0.39, 0.29) is 5.97 Å². The van der Waals surface area contributed by atoms with E-state index in [1.165, 1.54) is 7.11 Å². The normalized spacial score (nSPS) is 14.1. The van der Waals surface area contributed by atoms with Crippen molar-refractivity contribution >= 4 is 50.7 Å². The van der Waals surface area contributed by atoms with E-state index in [2.05, 4.69) is 62.9 Å². The molecule has 0 atom stereocenters. The molecule has 0 unspecified atom stereocenters. The quantitative estimate of drug-likeness (QED) is 0.220. The summed E-state index contributed by atoms with van der Waals surface area (Å²) in [7, 11) is 1.45. The maximum atomic E-state index is 13.2. The summed E-state index contributed by atoms with van der Waals surface area (Å²) in [6.07, 6.45) is 1.94. The van der Waals surface area contributed by atoms with Gasteiger partial charge in [-0.15, -0.1) is 6.58 Å². The van der Waals surface area contributed by atoms with Gasteiger partial charge in [-0.25, -0.2) is 4.79 Å². The molecule has 1 saturated heterocycles. The van der Waals surface area contributed by atoms with Crippen LogP contribution in [0.25, 0.3) is 38.6 Å². The van der Waals surface area contributed by atoms with Gasteiger partial charge in [-0.1, -0.05) is 54.6 Å². The summed E-state index contributed by atoms with van der Waals surface area (Å²) in [6, 6.07) is 22.9. The van der Waals surface area contributed by atoms with Crippen molar-refractivity contribution in [3.63, 3.8) is 0 Å². The van der Waals surface area contributed by atoms with E-state index < -0.39 is 0 Å². The lowest BCUT2D eigenvalue weighted by molar-refractivity contribution is 0.0593. The molecule has 4 heterocycles. The fraction of sp³-hybridized carbons (Fsp3) is 0.207. The second kappa shape index (κ2) is 8.86. The number of esters is 1. The lowest BCUT2D eigenvalue weighted by atomic mass is 10.1. The van der Waals surface area contributed by atoms with Crippen LogP contribution in [0.2, 0.25) is 0 Å². The van der Waals surface area contributed by atoms with Crippen molar-refractivity contribution in [1.29, 1.82) is 0 Å². The molecule has 0 saturated carbocycles. The Labute approximate surface area is 208 Å². The van der Waals surface area contributed by atoms with E-state index in [4.69, 9.17) is 4.74 Å². The van der Waals surface area contributed by atoms with Gasteiger partial charge in [-0.2, -0.15) is 11.8 Å². The highest BCUT2D eigenvalue weighted by Crippen LogP contribution is 2.42. The molecule has 176 valence electrons. The molecule has 5 aromatic rings. The summed E-state index contributed by atoms with van der Waals surface area (Å²) in [4.78, 5) is 15.7. The van der Waals surface area contributed by atoms with Gasteiger partial charge in [0.05, 0.1) is 29.5 Å². The molecule has 3 aromatic heterocycles. The number of carbonyl (C=O) groups excluding carboxylic acids is 1. The van der Waals surface area contributed by atoms with Crippen LogP contribution in [0.5, 0.6) is 0 Å². The largest absolute Gasteiger partial charge is 0.464 e. The van der Waals surface area contributed by atoms with Crippen LogP contribution in [0.4, 0.5) is 5.69 Å². The minimum atomic E-state index is -0.342. The minimum Gasteiger partial charge on any atom is -0.464 e. The second-order valence-electron chi connectivity index (χ2n) is 8.76. The van der Waals surface area contributed by atoms with Crippen LogP contribution in [0.15, 0.2) is 79.4 Å². The van der Waals surface area contributed by atoms with E-state index in [0.29, 0.717) is 12.2 Å². The molecule has 0 bridgehead atoms. The smallest absolute Gasteiger partial charge is 0.355 e. The molecule has 1 aliphatic rings. The molecule has 0 radical (unpaired) electrons. The monoisotopic (exact) mass is 481 g/mol. The lowest BCUT2D eigenvalue weighted by Crippen LogP contribution is -2.32. The number of nitrogens with zero attached hydrogens (tertiary/aromatic N) is 3. The van der Waals surface area contributed by atoms with Crippen LogP contribution in [0.3, 0.4) is 0 Å². The van der Waals surface area contributed by atoms with Crippen molar-refractivity contribution < 1.29 is 9.53 Å². The van der Waals surface area contributed by atoms with Gasteiger partial charge in [0.25, 0.3) is 0 Å². The fourth-order valence-corrected chi connectivity index (χ4v) is 6.25. The number of allylic oxidation sites excluding steroid dienone is 1. The van der Waals surface area contributed by atoms with Crippen molar-refractivity contribution in [2.75, 3.05) is 36.6 Å². The minimum absolute atomic E-state index is 0.342. The van der Waals surface area contributed by atoms with Crippen molar-refractivity contribution in [3.8, 4) is 11.3 Å².